The molecule has 1 N–H and O–H groups in total. The minimum atomic E-state index is -1.09. The summed E-state index contributed by atoms with van der Waals surface area (Å²) in [6.45, 7) is 2.03. The molecule has 1 heterocycles. The van der Waals surface area contributed by atoms with Gasteiger partial charge in [-0.15, -0.1) is 0 Å². The lowest BCUT2D eigenvalue weighted by molar-refractivity contribution is 0.0691. The highest BCUT2D eigenvalue weighted by molar-refractivity contribution is 6.30. The Morgan fingerprint density at radius 3 is 3.00 bits per heavy atom. The molecular weight excluding hydrogens is 284 g/mol. The topological polar surface area (TPSA) is 85.5 Å². The lowest BCUT2D eigenvalue weighted by Crippen LogP contribution is -2.04. The van der Waals surface area contributed by atoms with Crippen molar-refractivity contribution in [3.63, 3.8) is 0 Å². The monoisotopic (exact) mass is 296 g/mol. The van der Waals surface area contributed by atoms with Crippen molar-refractivity contribution < 1.29 is 19.2 Å². The van der Waals surface area contributed by atoms with Crippen LogP contribution in [0.4, 0.5) is 0 Å². The van der Waals surface area contributed by atoms with Gasteiger partial charge in [-0.25, -0.2) is 4.79 Å². The van der Waals surface area contributed by atoms with E-state index in [1.165, 1.54) is 18.2 Å². The molecule has 0 saturated carbocycles. The molecule has 0 saturated heterocycles. The van der Waals surface area contributed by atoms with E-state index in [4.69, 9.17) is 26.0 Å². The summed E-state index contributed by atoms with van der Waals surface area (Å²) in [5, 5.41) is 13.2. The van der Waals surface area contributed by atoms with Crippen molar-refractivity contribution in [2.75, 3.05) is 0 Å². The van der Waals surface area contributed by atoms with Gasteiger partial charge in [0.05, 0.1) is 0 Å². The fraction of sp³-hybridized carbons (Fsp3) is 0.308. The van der Waals surface area contributed by atoms with E-state index in [-0.39, 0.29) is 17.9 Å². The summed E-state index contributed by atoms with van der Waals surface area (Å²) in [6, 6.07) is 4.32. The zero-order valence-corrected chi connectivity index (χ0v) is 11.6. The van der Waals surface area contributed by atoms with Gasteiger partial charge in [0.1, 0.15) is 11.3 Å². The maximum absolute atomic E-state index is 11.1. The Hall–Kier alpha value is -2.08. The molecular formula is C13H13ClN2O4. The number of hydrogen-bond acceptors (Lipinski definition) is 5. The van der Waals surface area contributed by atoms with Gasteiger partial charge in [-0.05, 0) is 24.6 Å². The van der Waals surface area contributed by atoms with Crippen molar-refractivity contribution in [1.29, 1.82) is 0 Å². The number of halogens is 1. The molecule has 1 aromatic carbocycles. The number of ether oxygens (including phenoxy) is 1. The molecule has 106 valence electrons. The van der Waals surface area contributed by atoms with Crippen molar-refractivity contribution in [1.82, 2.24) is 10.1 Å². The van der Waals surface area contributed by atoms with Gasteiger partial charge in [-0.3, -0.25) is 0 Å². The first-order valence-corrected chi connectivity index (χ1v) is 6.45. The Balaban J connectivity index is 2.09. The van der Waals surface area contributed by atoms with E-state index >= 15 is 0 Å². The summed E-state index contributed by atoms with van der Waals surface area (Å²) in [5.41, 5.74) is 0.0340. The molecule has 0 fully saturated rings. The lowest BCUT2D eigenvalue weighted by Gasteiger charge is -2.07. The molecule has 2 rings (SSSR count). The largest absolute Gasteiger partial charge is 0.485 e. The Labute approximate surface area is 120 Å². The van der Waals surface area contributed by atoms with Gasteiger partial charge >= 0.3 is 5.97 Å². The molecule has 0 spiro atoms. The number of benzene rings is 1. The summed E-state index contributed by atoms with van der Waals surface area (Å²) in [5.74, 6) is -0.0105. The highest BCUT2D eigenvalue weighted by atomic mass is 35.5. The van der Waals surface area contributed by atoms with Crippen LogP contribution in [0.1, 0.15) is 35.4 Å². The molecule has 0 atom stereocenters. The number of aromatic nitrogens is 2. The summed E-state index contributed by atoms with van der Waals surface area (Å²) in [7, 11) is 0. The van der Waals surface area contributed by atoms with E-state index in [2.05, 4.69) is 10.1 Å². The van der Waals surface area contributed by atoms with Gasteiger partial charge in [0.15, 0.2) is 6.61 Å². The second-order valence-electron chi connectivity index (χ2n) is 4.09. The highest BCUT2D eigenvalue weighted by Crippen LogP contribution is 2.24. The maximum atomic E-state index is 11.1. The Morgan fingerprint density at radius 1 is 1.50 bits per heavy atom. The van der Waals surface area contributed by atoms with Crippen LogP contribution in [0.2, 0.25) is 5.02 Å². The van der Waals surface area contributed by atoms with E-state index in [0.29, 0.717) is 23.2 Å². The molecule has 6 nitrogen and oxygen atoms in total. The summed E-state index contributed by atoms with van der Waals surface area (Å²) in [4.78, 5) is 15.2. The third-order valence-corrected chi connectivity index (χ3v) is 2.74. The molecule has 0 bridgehead atoms. The second-order valence-corrected chi connectivity index (χ2v) is 4.53. The Kier molecular flexibility index (Phi) is 4.57. The normalized spacial score (nSPS) is 10.5. The maximum Gasteiger partial charge on any atom is 0.339 e. The fourth-order valence-corrected chi connectivity index (χ4v) is 1.76. The molecule has 0 aliphatic heterocycles. The minimum Gasteiger partial charge on any atom is -0.485 e. The highest BCUT2D eigenvalue weighted by Gasteiger charge is 2.13. The second kappa shape index (κ2) is 6.38. The number of carboxylic acids is 1. The van der Waals surface area contributed by atoms with E-state index in [9.17, 15) is 4.79 Å². The first kappa shape index (κ1) is 14.3. The van der Waals surface area contributed by atoms with E-state index in [1.807, 2.05) is 6.92 Å². The SMILES string of the molecule is CCCc1nc(COc2cc(Cl)ccc2C(=O)O)no1. The smallest absolute Gasteiger partial charge is 0.339 e. The van der Waals surface area contributed by atoms with Crippen molar-refractivity contribution >= 4 is 17.6 Å². The van der Waals surface area contributed by atoms with E-state index in [0.717, 1.165) is 6.42 Å². The van der Waals surface area contributed by atoms with Crippen LogP contribution in [0.3, 0.4) is 0 Å². The van der Waals surface area contributed by atoms with Crippen LogP contribution in [0, 0.1) is 0 Å². The predicted molar refractivity (Wildman–Crippen MR) is 71.0 cm³/mol. The lowest BCUT2D eigenvalue weighted by atomic mass is 10.2. The number of hydrogen-bond donors (Lipinski definition) is 1. The van der Waals surface area contributed by atoms with E-state index in [1.54, 1.807) is 0 Å². The van der Waals surface area contributed by atoms with Crippen LogP contribution in [-0.2, 0) is 13.0 Å². The quantitative estimate of drug-likeness (QED) is 0.882. The van der Waals surface area contributed by atoms with Crippen LogP contribution >= 0.6 is 11.6 Å². The predicted octanol–water partition coefficient (Wildman–Crippen LogP) is 2.95. The zero-order valence-electron chi connectivity index (χ0n) is 10.8. The number of carboxylic acid groups (broad SMARTS) is 1. The standard InChI is InChI=1S/C13H13ClN2O4/c1-2-3-12-15-11(16-20-12)7-19-10-6-8(14)4-5-9(10)13(17)18/h4-6H,2-3,7H2,1H3,(H,17,18). The molecule has 1 aromatic heterocycles. The van der Waals surface area contributed by atoms with E-state index < -0.39 is 5.97 Å². The van der Waals surface area contributed by atoms with Gasteiger partial charge in [0, 0.05) is 11.4 Å². The fourth-order valence-electron chi connectivity index (χ4n) is 1.60. The Bertz CT molecular complexity index is 612. The molecule has 7 heteroatoms. The molecule has 0 aliphatic carbocycles. The van der Waals surface area contributed by atoms with Gasteiger partial charge < -0.3 is 14.4 Å². The molecule has 0 aliphatic rings. The van der Waals surface area contributed by atoms with Gasteiger partial charge in [0.25, 0.3) is 0 Å². The average Bonchev–Trinajstić information content (AvgIpc) is 2.84. The van der Waals surface area contributed by atoms with Gasteiger partial charge in [-0.2, -0.15) is 4.98 Å². The van der Waals surface area contributed by atoms with Crippen LogP contribution in [-0.4, -0.2) is 21.2 Å². The van der Waals surface area contributed by atoms with Gasteiger partial charge in [-0.1, -0.05) is 23.7 Å². The summed E-state index contributed by atoms with van der Waals surface area (Å²) < 4.78 is 10.4. The number of rotatable bonds is 6. The number of aryl methyl sites for hydroxylation is 1. The third-order valence-electron chi connectivity index (χ3n) is 2.50. The third kappa shape index (κ3) is 3.48. The van der Waals surface area contributed by atoms with Crippen LogP contribution < -0.4 is 4.74 Å². The molecule has 0 radical (unpaired) electrons. The number of aromatic carboxylic acids is 1. The summed E-state index contributed by atoms with van der Waals surface area (Å²) >= 11 is 5.83. The molecule has 20 heavy (non-hydrogen) atoms. The number of nitrogens with zero attached hydrogens (tertiary/aromatic N) is 2. The van der Waals surface area contributed by atoms with Gasteiger partial charge in [0.2, 0.25) is 11.7 Å². The molecule has 0 amide bonds. The van der Waals surface area contributed by atoms with Crippen LogP contribution in [0.5, 0.6) is 5.75 Å². The first-order chi connectivity index (χ1) is 9.60. The van der Waals surface area contributed by atoms with Crippen molar-refractivity contribution in [3.05, 3.63) is 40.5 Å². The average molecular weight is 297 g/mol. The van der Waals surface area contributed by atoms with Crippen LogP contribution in [0.15, 0.2) is 22.7 Å². The van der Waals surface area contributed by atoms with Crippen molar-refractivity contribution in [3.8, 4) is 5.75 Å². The van der Waals surface area contributed by atoms with Crippen molar-refractivity contribution in [2.24, 2.45) is 0 Å². The number of carbonyl (C=O) groups is 1. The van der Waals surface area contributed by atoms with Crippen LogP contribution in [0.25, 0.3) is 0 Å². The van der Waals surface area contributed by atoms with Crippen molar-refractivity contribution in [2.45, 2.75) is 26.4 Å². The summed E-state index contributed by atoms with van der Waals surface area (Å²) in [6.07, 6.45) is 1.60. The zero-order chi connectivity index (χ0) is 14.5. The molecule has 0 unspecified atom stereocenters. The minimum absolute atomic E-state index is 0.0217. The Morgan fingerprint density at radius 2 is 2.30 bits per heavy atom. The molecule has 2 aromatic rings. The first-order valence-electron chi connectivity index (χ1n) is 6.07.